The molecule has 0 aromatic rings. The third-order valence-electron chi connectivity index (χ3n) is 3.62. The number of unbranched alkanes of at least 4 members (excludes halogenated alkanes) is 9. The van der Waals surface area contributed by atoms with Crippen LogP contribution in [0.4, 0.5) is 13.2 Å². The number of alkyl halides is 3. The molecule has 20 heavy (non-hydrogen) atoms. The van der Waals surface area contributed by atoms with Gasteiger partial charge in [0.1, 0.15) is 0 Å². The second-order valence-electron chi connectivity index (χ2n) is 5.65. The van der Waals surface area contributed by atoms with Crippen LogP contribution in [0.1, 0.15) is 84.0 Å². The molecule has 1 atom stereocenters. The molecule has 0 amide bonds. The van der Waals surface area contributed by atoms with Gasteiger partial charge in [0.25, 0.3) is 0 Å². The van der Waals surface area contributed by atoms with Gasteiger partial charge >= 0.3 is 6.18 Å². The first-order valence-electron chi connectivity index (χ1n) is 8.02. The third-order valence-corrected chi connectivity index (χ3v) is 3.62. The molecule has 0 aromatic heterocycles. The highest BCUT2D eigenvalue weighted by atomic mass is 19.4. The molecule has 0 aromatic carbocycles. The molecular formula is C15H31F3N2. The minimum Gasteiger partial charge on any atom is -0.271 e. The van der Waals surface area contributed by atoms with E-state index < -0.39 is 18.6 Å². The number of hydrogen-bond acceptors (Lipinski definition) is 2. The van der Waals surface area contributed by atoms with Crippen LogP contribution in [0.15, 0.2) is 0 Å². The summed E-state index contributed by atoms with van der Waals surface area (Å²) in [5.74, 6) is 5.15. The molecule has 0 heterocycles. The highest BCUT2D eigenvalue weighted by molar-refractivity contribution is 4.68. The molecule has 1 unspecified atom stereocenters. The zero-order valence-corrected chi connectivity index (χ0v) is 12.8. The molecule has 0 aliphatic rings. The Morgan fingerprint density at radius 1 is 0.850 bits per heavy atom. The molecule has 0 fully saturated rings. The summed E-state index contributed by atoms with van der Waals surface area (Å²) in [5.41, 5.74) is 2.27. The SMILES string of the molecule is CCCCCCCCCCCCC(CC(F)(F)F)NN. The highest BCUT2D eigenvalue weighted by Crippen LogP contribution is 2.23. The molecule has 0 saturated heterocycles. The van der Waals surface area contributed by atoms with Crippen LogP contribution in [0.3, 0.4) is 0 Å². The van der Waals surface area contributed by atoms with Gasteiger partial charge < -0.3 is 0 Å². The van der Waals surface area contributed by atoms with Crippen molar-refractivity contribution in [2.45, 2.75) is 96.2 Å². The Labute approximate surface area is 121 Å². The number of halogens is 3. The molecule has 5 heteroatoms. The van der Waals surface area contributed by atoms with Gasteiger partial charge in [-0.2, -0.15) is 13.2 Å². The van der Waals surface area contributed by atoms with E-state index >= 15 is 0 Å². The van der Waals surface area contributed by atoms with Crippen LogP contribution in [0, 0.1) is 0 Å². The molecule has 0 aliphatic carbocycles. The number of nitrogens with two attached hydrogens (primary N) is 1. The topological polar surface area (TPSA) is 38.0 Å². The van der Waals surface area contributed by atoms with E-state index in [2.05, 4.69) is 12.3 Å². The molecule has 122 valence electrons. The number of nitrogens with one attached hydrogen (secondary N) is 1. The summed E-state index contributed by atoms with van der Waals surface area (Å²) in [6.07, 6.45) is 7.49. The fourth-order valence-corrected chi connectivity index (χ4v) is 2.40. The summed E-state index contributed by atoms with van der Waals surface area (Å²) in [5, 5.41) is 0. The first kappa shape index (κ1) is 19.7. The van der Waals surface area contributed by atoms with E-state index in [1.54, 1.807) is 0 Å². The second kappa shape index (κ2) is 12.5. The van der Waals surface area contributed by atoms with E-state index in [0.717, 1.165) is 19.3 Å². The summed E-state index contributed by atoms with van der Waals surface area (Å²) in [7, 11) is 0. The predicted molar refractivity (Wildman–Crippen MR) is 78.2 cm³/mol. The highest BCUT2D eigenvalue weighted by Gasteiger charge is 2.31. The van der Waals surface area contributed by atoms with Gasteiger partial charge in [0.05, 0.1) is 6.42 Å². The van der Waals surface area contributed by atoms with Crippen molar-refractivity contribution < 1.29 is 13.2 Å². The zero-order chi connectivity index (χ0) is 15.3. The van der Waals surface area contributed by atoms with Gasteiger partial charge in [0.15, 0.2) is 0 Å². The standard InChI is InChI=1S/C15H31F3N2/c1-2-3-4-5-6-7-8-9-10-11-12-14(20-19)13-15(16,17)18/h14,20H,2-13,19H2,1H3. The van der Waals surface area contributed by atoms with Crippen LogP contribution in [0.2, 0.25) is 0 Å². The average molecular weight is 296 g/mol. The molecule has 2 nitrogen and oxygen atoms in total. The fraction of sp³-hybridized carbons (Fsp3) is 1.00. The maximum Gasteiger partial charge on any atom is 0.390 e. The Morgan fingerprint density at radius 3 is 1.70 bits per heavy atom. The Hall–Kier alpha value is -0.290. The molecule has 0 aliphatic heterocycles. The van der Waals surface area contributed by atoms with Crippen LogP contribution in [-0.4, -0.2) is 12.2 Å². The molecule has 0 bridgehead atoms. The predicted octanol–water partition coefficient (Wildman–Crippen LogP) is 5.08. The van der Waals surface area contributed by atoms with Gasteiger partial charge in [0, 0.05) is 6.04 Å². The first-order chi connectivity index (χ1) is 9.49. The molecule has 0 spiro atoms. The lowest BCUT2D eigenvalue weighted by molar-refractivity contribution is -0.140. The fourth-order valence-electron chi connectivity index (χ4n) is 2.40. The maximum absolute atomic E-state index is 12.2. The van der Waals surface area contributed by atoms with Crippen LogP contribution in [0.5, 0.6) is 0 Å². The van der Waals surface area contributed by atoms with Crippen molar-refractivity contribution in [3.63, 3.8) is 0 Å². The van der Waals surface area contributed by atoms with Crippen LogP contribution in [-0.2, 0) is 0 Å². The van der Waals surface area contributed by atoms with Gasteiger partial charge in [-0.15, -0.1) is 0 Å². The Kier molecular flexibility index (Phi) is 12.3. The van der Waals surface area contributed by atoms with E-state index in [0.29, 0.717) is 6.42 Å². The van der Waals surface area contributed by atoms with Gasteiger partial charge in [-0.05, 0) is 6.42 Å². The molecular weight excluding hydrogens is 265 g/mol. The zero-order valence-electron chi connectivity index (χ0n) is 12.8. The van der Waals surface area contributed by atoms with E-state index in [1.807, 2.05) is 0 Å². The van der Waals surface area contributed by atoms with Crippen LogP contribution in [0.25, 0.3) is 0 Å². The molecule has 0 rings (SSSR count). The largest absolute Gasteiger partial charge is 0.390 e. The van der Waals surface area contributed by atoms with E-state index in [4.69, 9.17) is 5.84 Å². The Bertz CT molecular complexity index is 208. The van der Waals surface area contributed by atoms with E-state index in [-0.39, 0.29) is 0 Å². The van der Waals surface area contributed by atoms with E-state index in [1.165, 1.54) is 44.9 Å². The number of hydrogen-bond donors (Lipinski definition) is 2. The van der Waals surface area contributed by atoms with Crippen molar-refractivity contribution >= 4 is 0 Å². The first-order valence-corrected chi connectivity index (χ1v) is 8.02. The quantitative estimate of drug-likeness (QED) is 0.282. The second-order valence-corrected chi connectivity index (χ2v) is 5.65. The number of hydrazine groups is 1. The van der Waals surface area contributed by atoms with Crippen molar-refractivity contribution in [1.82, 2.24) is 5.43 Å². The smallest absolute Gasteiger partial charge is 0.271 e. The summed E-state index contributed by atoms with van der Waals surface area (Å²) in [6, 6.07) is -0.635. The van der Waals surface area contributed by atoms with Crippen LogP contribution < -0.4 is 11.3 Å². The normalized spacial score (nSPS) is 13.7. The third kappa shape index (κ3) is 14.1. The lowest BCUT2D eigenvalue weighted by Gasteiger charge is -2.17. The minimum absolute atomic E-state index is 0.506. The maximum atomic E-state index is 12.2. The summed E-state index contributed by atoms with van der Waals surface area (Å²) in [4.78, 5) is 0. The average Bonchev–Trinajstić information content (AvgIpc) is 2.38. The van der Waals surface area contributed by atoms with Crippen molar-refractivity contribution in [2.75, 3.05) is 0 Å². The summed E-state index contributed by atoms with van der Waals surface area (Å²) in [6.45, 7) is 2.21. The molecule has 0 saturated carbocycles. The van der Waals surface area contributed by atoms with Gasteiger partial charge in [-0.1, -0.05) is 71.1 Å². The Balaban J connectivity index is 3.33. The molecule has 0 radical (unpaired) electrons. The van der Waals surface area contributed by atoms with Gasteiger partial charge in [0.2, 0.25) is 0 Å². The lowest BCUT2D eigenvalue weighted by atomic mass is 10.0. The van der Waals surface area contributed by atoms with E-state index in [9.17, 15) is 13.2 Å². The van der Waals surface area contributed by atoms with Gasteiger partial charge in [-0.25, -0.2) is 0 Å². The number of rotatable bonds is 13. The van der Waals surface area contributed by atoms with Crippen molar-refractivity contribution in [2.24, 2.45) is 5.84 Å². The monoisotopic (exact) mass is 296 g/mol. The van der Waals surface area contributed by atoms with Crippen molar-refractivity contribution in [3.05, 3.63) is 0 Å². The van der Waals surface area contributed by atoms with Crippen molar-refractivity contribution in [3.8, 4) is 0 Å². The van der Waals surface area contributed by atoms with Crippen molar-refractivity contribution in [1.29, 1.82) is 0 Å². The molecule has 3 N–H and O–H groups in total. The summed E-state index contributed by atoms with van der Waals surface area (Å²) >= 11 is 0. The minimum atomic E-state index is -4.13. The Morgan fingerprint density at radius 2 is 1.30 bits per heavy atom. The summed E-state index contributed by atoms with van der Waals surface area (Å²) < 4.78 is 36.6. The van der Waals surface area contributed by atoms with Gasteiger partial charge in [-0.3, -0.25) is 11.3 Å². The van der Waals surface area contributed by atoms with Crippen LogP contribution >= 0.6 is 0 Å². The lowest BCUT2D eigenvalue weighted by Crippen LogP contribution is -2.38.